The second kappa shape index (κ2) is 3.71. The van der Waals surface area contributed by atoms with Gasteiger partial charge in [0.15, 0.2) is 8.32 Å². The minimum atomic E-state index is -1.47. The summed E-state index contributed by atoms with van der Waals surface area (Å²) < 4.78 is 6.41. The van der Waals surface area contributed by atoms with E-state index >= 15 is 0 Å². The molecule has 2 rings (SSSR count). The summed E-state index contributed by atoms with van der Waals surface area (Å²) in [6, 6.07) is 8.85. The Kier molecular flexibility index (Phi) is 2.75. The Morgan fingerprint density at radius 3 is 2.06 bits per heavy atom. The van der Waals surface area contributed by atoms with E-state index in [4.69, 9.17) is 4.43 Å². The first-order valence-electron chi connectivity index (χ1n) is 6.11. The zero-order valence-corrected chi connectivity index (χ0v) is 12.0. The molecule has 0 spiro atoms. The third kappa shape index (κ3) is 2.23. The molecule has 1 fully saturated rings. The molecule has 0 radical (unpaired) electrons. The summed E-state index contributed by atoms with van der Waals surface area (Å²) in [6.45, 7) is 11.2. The lowest BCUT2D eigenvalue weighted by Gasteiger charge is -2.28. The molecule has 0 aromatic heterocycles. The zero-order valence-electron chi connectivity index (χ0n) is 11.0. The van der Waals surface area contributed by atoms with E-state index < -0.39 is 8.32 Å². The summed E-state index contributed by atoms with van der Waals surface area (Å²) in [6.07, 6.45) is 1.18. The van der Waals surface area contributed by atoms with Crippen LogP contribution < -0.4 is 0 Å². The molecule has 1 aromatic carbocycles. The first-order chi connectivity index (χ1) is 7.33. The van der Waals surface area contributed by atoms with E-state index in [-0.39, 0.29) is 5.60 Å². The van der Waals surface area contributed by atoms with E-state index in [0.717, 1.165) is 0 Å². The molecule has 2 atom stereocenters. The van der Waals surface area contributed by atoms with Crippen molar-refractivity contribution >= 4 is 8.32 Å². The van der Waals surface area contributed by atoms with Gasteiger partial charge in [-0.1, -0.05) is 36.8 Å². The van der Waals surface area contributed by atoms with Crippen molar-refractivity contribution in [2.45, 2.75) is 45.5 Å². The van der Waals surface area contributed by atoms with Gasteiger partial charge in [-0.2, -0.15) is 0 Å². The predicted molar refractivity (Wildman–Crippen MR) is 71.1 cm³/mol. The van der Waals surface area contributed by atoms with E-state index in [9.17, 15) is 0 Å². The van der Waals surface area contributed by atoms with Crippen LogP contribution in [0.25, 0.3) is 0 Å². The number of rotatable bonds is 3. The van der Waals surface area contributed by atoms with Crippen LogP contribution in [-0.4, -0.2) is 8.32 Å². The maximum atomic E-state index is 6.41. The Bertz CT molecular complexity index is 377. The molecule has 0 bridgehead atoms. The fourth-order valence-corrected chi connectivity index (χ4v) is 3.88. The summed E-state index contributed by atoms with van der Waals surface area (Å²) in [7, 11) is -1.47. The maximum absolute atomic E-state index is 6.41. The van der Waals surface area contributed by atoms with Crippen LogP contribution in [-0.2, 0) is 10.0 Å². The topological polar surface area (TPSA) is 9.23 Å². The third-order valence-corrected chi connectivity index (χ3v) is 4.25. The summed E-state index contributed by atoms with van der Waals surface area (Å²) in [5, 5.41) is 0. The van der Waals surface area contributed by atoms with Gasteiger partial charge in [-0.25, -0.2) is 0 Å². The molecule has 16 heavy (non-hydrogen) atoms. The van der Waals surface area contributed by atoms with Crippen molar-refractivity contribution in [1.82, 2.24) is 0 Å². The number of hydrogen-bond donors (Lipinski definition) is 0. The maximum Gasteiger partial charge on any atom is 0.184 e. The zero-order chi connectivity index (χ0) is 12.0. The van der Waals surface area contributed by atoms with Crippen LogP contribution in [0.4, 0.5) is 0 Å². The lowest BCUT2D eigenvalue weighted by molar-refractivity contribution is 0.156. The first kappa shape index (κ1) is 11.9. The molecule has 0 amide bonds. The van der Waals surface area contributed by atoms with Crippen molar-refractivity contribution in [3.05, 3.63) is 35.4 Å². The molecule has 1 aromatic rings. The lowest BCUT2D eigenvalue weighted by atomic mass is 10.0. The van der Waals surface area contributed by atoms with Crippen molar-refractivity contribution in [2.24, 2.45) is 5.92 Å². The summed E-state index contributed by atoms with van der Waals surface area (Å²) >= 11 is 0. The van der Waals surface area contributed by atoms with Gasteiger partial charge in [0.05, 0.1) is 5.60 Å². The third-order valence-electron chi connectivity index (χ3n) is 3.27. The fraction of sp³-hybridized carbons (Fsp3) is 0.571. The Labute approximate surface area is 100.0 Å². The van der Waals surface area contributed by atoms with Crippen LogP contribution in [0.2, 0.25) is 19.6 Å². The molecular weight excluding hydrogens is 212 g/mol. The van der Waals surface area contributed by atoms with E-state index in [1.54, 1.807) is 0 Å². The molecule has 1 aliphatic rings. The Balaban J connectivity index is 2.26. The highest BCUT2D eigenvalue weighted by molar-refractivity contribution is 6.69. The van der Waals surface area contributed by atoms with Crippen molar-refractivity contribution in [3.8, 4) is 0 Å². The number of hydrogen-bond acceptors (Lipinski definition) is 1. The average molecular weight is 234 g/mol. The molecule has 0 aliphatic heterocycles. The summed E-state index contributed by atoms with van der Waals surface area (Å²) in [5.74, 6) is 0.668. The number of benzene rings is 1. The minimum Gasteiger partial charge on any atom is -0.408 e. The van der Waals surface area contributed by atoms with Gasteiger partial charge in [0.2, 0.25) is 0 Å². The van der Waals surface area contributed by atoms with Gasteiger partial charge in [0.25, 0.3) is 0 Å². The monoisotopic (exact) mass is 234 g/mol. The molecular formula is C14H22OSi. The predicted octanol–water partition coefficient (Wildman–Crippen LogP) is 4.08. The van der Waals surface area contributed by atoms with Crippen molar-refractivity contribution in [1.29, 1.82) is 0 Å². The molecule has 88 valence electrons. The first-order valence-corrected chi connectivity index (χ1v) is 9.52. The molecule has 2 unspecified atom stereocenters. The molecule has 1 aliphatic carbocycles. The van der Waals surface area contributed by atoms with Crippen LogP contribution in [0.5, 0.6) is 0 Å². The van der Waals surface area contributed by atoms with Gasteiger partial charge in [-0.05, 0) is 44.5 Å². The Morgan fingerprint density at radius 1 is 1.19 bits per heavy atom. The standard InChI is InChI=1S/C14H22OSi/c1-11-6-8-13(9-7-11)14(10-12(14)2)15-16(3,4)5/h6-9,12H,10H2,1-5H3. The quantitative estimate of drug-likeness (QED) is 0.716. The fourth-order valence-electron chi connectivity index (χ4n) is 2.38. The lowest BCUT2D eigenvalue weighted by Crippen LogP contribution is -2.33. The van der Waals surface area contributed by atoms with Crippen LogP contribution >= 0.6 is 0 Å². The second-order valence-electron chi connectivity index (χ2n) is 6.08. The van der Waals surface area contributed by atoms with Gasteiger partial charge in [0.1, 0.15) is 0 Å². The largest absolute Gasteiger partial charge is 0.408 e. The van der Waals surface area contributed by atoms with E-state index in [0.29, 0.717) is 5.92 Å². The number of aryl methyl sites for hydroxylation is 1. The Morgan fingerprint density at radius 2 is 1.69 bits per heavy atom. The highest BCUT2D eigenvalue weighted by Gasteiger charge is 2.55. The molecule has 0 saturated heterocycles. The van der Waals surface area contributed by atoms with Crippen molar-refractivity contribution in [3.63, 3.8) is 0 Å². The normalized spacial score (nSPS) is 29.2. The molecule has 2 heteroatoms. The molecule has 0 N–H and O–H groups in total. The van der Waals surface area contributed by atoms with E-state index in [1.165, 1.54) is 17.5 Å². The van der Waals surface area contributed by atoms with Crippen molar-refractivity contribution < 1.29 is 4.43 Å². The Hall–Kier alpha value is -0.603. The molecule has 1 saturated carbocycles. The second-order valence-corrected chi connectivity index (χ2v) is 10.5. The van der Waals surface area contributed by atoms with Crippen LogP contribution in [0.3, 0.4) is 0 Å². The van der Waals surface area contributed by atoms with Gasteiger partial charge in [-0.3, -0.25) is 0 Å². The van der Waals surface area contributed by atoms with Crippen LogP contribution in [0.1, 0.15) is 24.5 Å². The van der Waals surface area contributed by atoms with Gasteiger partial charge in [0, 0.05) is 0 Å². The minimum absolute atomic E-state index is 0.0399. The average Bonchev–Trinajstić information content (AvgIpc) is 2.75. The van der Waals surface area contributed by atoms with Gasteiger partial charge < -0.3 is 4.43 Å². The molecule has 1 nitrogen and oxygen atoms in total. The SMILES string of the molecule is Cc1ccc(C2(O[Si](C)(C)C)CC2C)cc1. The molecule has 0 heterocycles. The summed E-state index contributed by atoms with van der Waals surface area (Å²) in [5.41, 5.74) is 2.73. The van der Waals surface area contributed by atoms with Crippen LogP contribution in [0.15, 0.2) is 24.3 Å². The summed E-state index contributed by atoms with van der Waals surface area (Å²) in [4.78, 5) is 0. The van der Waals surface area contributed by atoms with Gasteiger partial charge >= 0.3 is 0 Å². The smallest absolute Gasteiger partial charge is 0.184 e. The van der Waals surface area contributed by atoms with Crippen LogP contribution in [0, 0.1) is 12.8 Å². The van der Waals surface area contributed by atoms with E-state index in [1.807, 2.05) is 0 Å². The highest BCUT2D eigenvalue weighted by atomic mass is 28.4. The highest BCUT2D eigenvalue weighted by Crippen LogP contribution is 2.56. The van der Waals surface area contributed by atoms with Crippen molar-refractivity contribution in [2.75, 3.05) is 0 Å². The van der Waals surface area contributed by atoms with E-state index in [2.05, 4.69) is 57.8 Å². The van der Waals surface area contributed by atoms with Gasteiger partial charge in [-0.15, -0.1) is 0 Å².